The second-order valence-corrected chi connectivity index (χ2v) is 7.27. The van der Waals surface area contributed by atoms with Gasteiger partial charge in [0, 0.05) is 19.0 Å². The predicted octanol–water partition coefficient (Wildman–Crippen LogP) is 1.74. The van der Waals surface area contributed by atoms with Crippen molar-refractivity contribution in [2.45, 2.75) is 12.8 Å². The van der Waals surface area contributed by atoms with Gasteiger partial charge in [0.1, 0.15) is 5.75 Å². The number of carbonyl (C=O) groups excluding carboxylic acids is 3. The average Bonchev–Trinajstić information content (AvgIpc) is 3.35. The molecule has 0 radical (unpaired) electrons. The quantitative estimate of drug-likeness (QED) is 0.345. The van der Waals surface area contributed by atoms with E-state index in [4.69, 9.17) is 4.74 Å². The molecule has 28 heavy (non-hydrogen) atoms. The highest BCUT2D eigenvalue weighted by Gasteiger charge is 2.59. The molecule has 1 saturated heterocycles. The number of methoxy groups -OCH3 is 1. The number of non-ortho nitro benzene ring substituents is 1. The number of nitrogens with zero attached hydrogens (tertiary/aromatic N) is 2. The molecular formula is C19H19N3O6. The molecule has 2 fully saturated rings. The molecule has 2 bridgehead atoms. The third-order valence-electron chi connectivity index (χ3n) is 5.79. The first-order valence-corrected chi connectivity index (χ1v) is 9.06. The minimum absolute atomic E-state index is 0.0191. The fourth-order valence-corrected chi connectivity index (χ4v) is 4.51. The fourth-order valence-electron chi connectivity index (χ4n) is 4.51. The smallest absolute Gasteiger partial charge is 0.273 e. The number of allylic oxidation sites excluding steroid dienone is 2. The number of nitro groups is 1. The van der Waals surface area contributed by atoms with Gasteiger partial charge < -0.3 is 10.1 Å². The van der Waals surface area contributed by atoms with E-state index in [0.29, 0.717) is 0 Å². The highest BCUT2D eigenvalue weighted by molar-refractivity contribution is 6.06. The van der Waals surface area contributed by atoms with Crippen molar-refractivity contribution in [3.8, 4) is 5.75 Å². The maximum atomic E-state index is 12.6. The summed E-state index contributed by atoms with van der Waals surface area (Å²) in [6.45, 7) is 0.0191. The molecule has 4 rings (SSSR count). The van der Waals surface area contributed by atoms with Crippen LogP contribution in [0, 0.1) is 33.8 Å². The van der Waals surface area contributed by atoms with E-state index in [9.17, 15) is 24.5 Å². The van der Waals surface area contributed by atoms with Crippen LogP contribution in [0.5, 0.6) is 5.75 Å². The average molecular weight is 385 g/mol. The van der Waals surface area contributed by atoms with Crippen molar-refractivity contribution >= 4 is 29.1 Å². The molecule has 146 valence electrons. The zero-order chi connectivity index (χ0) is 20.0. The van der Waals surface area contributed by atoms with Gasteiger partial charge in [-0.15, -0.1) is 0 Å². The molecule has 9 heteroatoms. The molecular weight excluding hydrogens is 366 g/mol. The molecule has 2 aliphatic carbocycles. The molecule has 1 saturated carbocycles. The number of nitro benzene ring substituents is 1. The van der Waals surface area contributed by atoms with Crippen molar-refractivity contribution in [2.75, 3.05) is 19.0 Å². The summed E-state index contributed by atoms with van der Waals surface area (Å²) < 4.78 is 5.09. The summed E-state index contributed by atoms with van der Waals surface area (Å²) in [5.41, 5.74) is 0.133. The van der Waals surface area contributed by atoms with Crippen LogP contribution in [0.3, 0.4) is 0 Å². The number of ether oxygens (including phenoxy) is 1. The minimum Gasteiger partial charge on any atom is -0.494 e. The first kappa shape index (κ1) is 18.1. The van der Waals surface area contributed by atoms with Crippen molar-refractivity contribution < 1.29 is 24.0 Å². The number of hydrogen-bond acceptors (Lipinski definition) is 6. The van der Waals surface area contributed by atoms with E-state index in [0.717, 1.165) is 6.42 Å². The van der Waals surface area contributed by atoms with Crippen LogP contribution in [0.2, 0.25) is 0 Å². The van der Waals surface area contributed by atoms with Crippen molar-refractivity contribution in [1.29, 1.82) is 0 Å². The van der Waals surface area contributed by atoms with Gasteiger partial charge >= 0.3 is 0 Å². The van der Waals surface area contributed by atoms with Gasteiger partial charge in [-0.05, 0) is 24.3 Å². The number of anilines is 1. The number of hydrogen-bond donors (Lipinski definition) is 1. The van der Waals surface area contributed by atoms with Gasteiger partial charge in [0.25, 0.3) is 5.69 Å². The maximum Gasteiger partial charge on any atom is 0.273 e. The van der Waals surface area contributed by atoms with E-state index in [2.05, 4.69) is 5.32 Å². The van der Waals surface area contributed by atoms with Gasteiger partial charge in [0.2, 0.25) is 17.7 Å². The Balaban J connectivity index is 1.39. The first-order chi connectivity index (χ1) is 13.4. The number of benzene rings is 1. The van der Waals surface area contributed by atoms with E-state index < -0.39 is 10.8 Å². The van der Waals surface area contributed by atoms with E-state index in [1.807, 2.05) is 12.2 Å². The van der Waals surface area contributed by atoms with E-state index in [-0.39, 0.29) is 65.6 Å². The van der Waals surface area contributed by atoms with Gasteiger partial charge in [-0.1, -0.05) is 12.2 Å². The van der Waals surface area contributed by atoms with Gasteiger partial charge in [-0.3, -0.25) is 29.4 Å². The van der Waals surface area contributed by atoms with E-state index in [1.165, 1.54) is 30.2 Å². The summed E-state index contributed by atoms with van der Waals surface area (Å²) in [6.07, 6.45) is 4.85. The van der Waals surface area contributed by atoms with Crippen molar-refractivity contribution in [3.63, 3.8) is 0 Å². The Kier molecular flexibility index (Phi) is 4.37. The Morgan fingerprint density at radius 3 is 2.46 bits per heavy atom. The number of rotatable bonds is 6. The van der Waals surface area contributed by atoms with E-state index >= 15 is 0 Å². The summed E-state index contributed by atoms with van der Waals surface area (Å²) >= 11 is 0. The topological polar surface area (TPSA) is 119 Å². The largest absolute Gasteiger partial charge is 0.494 e. The second-order valence-electron chi connectivity index (χ2n) is 7.27. The molecule has 0 unspecified atom stereocenters. The van der Waals surface area contributed by atoms with Crippen LogP contribution < -0.4 is 10.1 Å². The number of likely N-dealkylation sites (tertiary alicyclic amines) is 1. The summed E-state index contributed by atoms with van der Waals surface area (Å²) in [5.74, 6) is -0.913. The van der Waals surface area contributed by atoms with Crippen LogP contribution in [-0.2, 0) is 14.4 Å². The number of imide groups is 1. The Labute approximate surface area is 160 Å². The Hall–Kier alpha value is -3.23. The molecule has 1 heterocycles. The predicted molar refractivity (Wildman–Crippen MR) is 97.3 cm³/mol. The number of carbonyl (C=O) groups is 3. The van der Waals surface area contributed by atoms with Crippen LogP contribution in [0.1, 0.15) is 12.8 Å². The zero-order valence-corrected chi connectivity index (χ0v) is 15.2. The Morgan fingerprint density at radius 2 is 1.89 bits per heavy atom. The Bertz CT molecular complexity index is 881. The summed E-state index contributed by atoms with van der Waals surface area (Å²) in [4.78, 5) is 49.0. The van der Waals surface area contributed by atoms with Crippen LogP contribution >= 0.6 is 0 Å². The number of amides is 3. The number of fused-ring (bicyclic) bond motifs is 5. The highest BCUT2D eigenvalue weighted by atomic mass is 16.6. The molecule has 1 aromatic carbocycles. The number of nitrogens with one attached hydrogen (secondary N) is 1. The van der Waals surface area contributed by atoms with Gasteiger partial charge in [0.15, 0.2) is 0 Å². The lowest BCUT2D eigenvalue weighted by Gasteiger charge is -2.17. The SMILES string of the molecule is COc1cc([N+](=O)[O-])ccc1NC(=O)CCN1C(=O)[C@@H]2[C@H](C1=O)[C@H]1C=C[C@H]2C1. The lowest BCUT2D eigenvalue weighted by atomic mass is 9.85. The third-order valence-corrected chi connectivity index (χ3v) is 5.79. The van der Waals surface area contributed by atoms with Gasteiger partial charge in [-0.2, -0.15) is 0 Å². The highest BCUT2D eigenvalue weighted by Crippen LogP contribution is 2.52. The molecule has 0 spiro atoms. The molecule has 3 amide bonds. The Morgan fingerprint density at radius 1 is 1.25 bits per heavy atom. The zero-order valence-electron chi connectivity index (χ0n) is 15.2. The molecule has 3 aliphatic rings. The molecule has 0 aromatic heterocycles. The maximum absolute atomic E-state index is 12.6. The second kappa shape index (κ2) is 6.74. The van der Waals surface area contributed by atoms with Gasteiger partial charge in [-0.25, -0.2) is 0 Å². The minimum atomic E-state index is -0.558. The van der Waals surface area contributed by atoms with Crippen LogP contribution in [-0.4, -0.2) is 41.2 Å². The van der Waals surface area contributed by atoms with Crippen LogP contribution in [0.15, 0.2) is 30.4 Å². The van der Waals surface area contributed by atoms with Gasteiger partial charge in [0.05, 0.1) is 35.6 Å². The lowest BCUT2D eigenvalue weighted by molar-refractivity contribution is -0.384. The molecule has 4 atom stereocenters. The standard InChI is InChI=1S/C19H19N3O6/c1-28-14-9-12(22(26)27)4-5-13(14)20-15(23)6-7-21-18(24)16-10-2-3-11(8-10)17(16)19(21)25/h2-5,9-11,16-17H,6-8H2,1H3,(H,20,23)/t10-,11-,16-,17+/m0/s1. The van der Waals surface area contributed by atoms with Crippen molar-refractivity contribution in [1.82, 2.24) is 4.90 Å². The molecule has 9 nitrogen and oxygen atoms in total. The monoisotopic (exact) mass is 385 g/mol. The lowest BCUT2D eigenvalue weighted by Crippen LogP contribution is -2.35. The summed E-state index contributed by atoms with van der Waals surface area (Å²) in [6, 6.07) is 3.86. The molecule has 1 aliphatic heterocycles. The van der Waals surface area contributed by atoms with Crippen LogP contribution in [0.25, 0.3) is 0 Å². The first-order valence-electron chi connectivity index (χ1n) is 9.06. The molecule has 1 N–H and O–H groups in total. The molecule has 1 aromatic rings. The summed E-state index contributed by atoms with van der Waals surface area (Å²) in [5, 5.41) is 13.4. The van der Waals surface area contributed by atoms with Crippen LogP contribution in [0.4, 0.5) is 11.4 Å². The third kappa shape index (κ3) is 2.83. The van der Waals surface area contributed by atoms with E-state index in [1.54, 1.807) is 0 Å². The summed E-state index contributed by atoms with van der Waals surface area (Å²) in [7, 11) is 1.34. The fraction of sp³-hybridized carbons (Fsp3) is 0.421. The van der Waals surface area contributed by atoms with Crippen molar-refractivity contribution in [2.24, 2.45) is 23.7 Å². The van der Waals surface area contributed by atoms with Crippen molar-refractivity contribution in [3.05, 3.63) is 40.5 Å². The normalized spacial score (nSPS) is 27.2.